The number of rotatable bonds is 9. The van der Waals surface area contributed by atoms with Crippen molar-refractivity contribution in [2.45, 2.75) is 31.9 Å². The zero-order valence-corrected chi connectivity index (χ0v) is 14.7. The number of benzene rings is 2. The second kappa shape index (κ2) is 9.15. The van der Waals surface area contributed by atoms with Gasteiger partial charge >= 0.3 is 0 Å². The molecule has 0 aliphatic carbocycles. The summed E-state index contributed by atoms with van der Waals surface area (Å²) >= 11 is 0. The molecule has 3 rings (SSSR count). The topological polar surface area (TPSA) is 53.1 Å². The number of nitrogens with two attached hydrogens (primary N) is 1. The van der Waals surface area contributed by atoms with Crippen LogP contribution in [0.25, 0.3) is 0 Å². The highest BCUT2D eigenvalue weighted by molar-refractivity contribution is 5.39. The van der Waals surface area contributed by atoms with Crippen molar-refractivity contribution in [3.63, 3.8) is 0 Å². The molecule has 136 valence electrons. The first-order valence-electron chi connectivity index (χ1n) is 8.85. The van der Waals surface area contributed by atoms with Crippen molar-refractivity contribution >= 4 is 5.69 Å². The summed E-state index contributed by atoms with van der Waals surface area (Å²) in [6.45, 7) is 1.40. The molecular weight excluding hydrogens is 329 g/mol. The Morgan fingerprint density at radius 2 is 1.69 bits per heavy atom. The Morgan fingerprint density at radius 3 is 2.38 bits per heavy atom. The van der Waals surface area contributed by atoms with E-state index in [9.17, 15) is 4.39 Å². The summed E-state index contributed by atoms with van der Waals surface area (Å²) in [7, 11) is 0. The number of hydrogen-bond donors (Lipinski definition) is 1. The van der Waals surface area contributed by atoms with Gasteiger partial charge in [0.2, 0.25) is 0 Å². The number of ether oxygens (including phenoxy) is 1. The van der Waals surface area contributed by atoms with E-state index >= 15 is 0 Å². The van der Waals surface area contributed by atoms with Gasteiger partial charge in [0.15, 0.2) is 0 Å². The van der Waals surface area contributed by atoms with Crippen LogP contribution in [-0.2, 0) is 24.1 Å². The van der Waals surface area contributed by atoms with Crippen molar-refractivity contribution < 1.29 is 9.13 Å². The molecule has 0 bridgehead atoms. The third kappa shape index (κ3) is 5.70. The Morgan fingerprint density at radius 1 is 1.00 bits per heavy atom. The van der Waals surface area contributed by atoms with Gasteiger partial charge in [-0.05, 0) is 54.7 Å². The predicted octanol–water partition coefficient (Wildman–Crippen LogP) is 3.87. The first-order chi connectivity index (χ1) is 12.7. The molecule has 0 aliphatic heterocycles. The van der Waals surface area contributed by atoms with Crippen LogP contribution >= 0.6 is 0 Å². The molecule has 1 unspecified atom stereocenters. The van der Waals surface area contributed by atoms with E-state index in [1.54, 1.807) is 12.5 Å². The molecule has 5 heteroatoms. The molecule has 0 saturated heterocycles. The van der Waals surface area contributed by atoms with E-state index in [-0.39, 0.29) is 11.9 Å². The second-order valence-corrected chi connectivity index (χ2v) is 6.41. The van der Waals surface area contributed by atoms with E-state index in [4.69, 9.17) is 10.5 Å². The molecule has 26 heavy (non-hydrogen) atoms. The van der Waals surface area contributed by atoms with Crippen LogP contribution in [0.4, 0.5) is 10.1 Å². The van der Waals surface area contributed by atoms with E-state index in [0.717, 1.165) is 37.1 Å². The number of nitrogen functional groups attached to an aromatic ring is 1. The minimum atomic E-state index is -0.205. The van der Waals surface area contributed by atoms with Crippen molar-refractivity contribution in [2.75, 3.05) is 12.3 Å². The Hall–Kier alpha value is -2.66. The lowest BCUT2D eigenvalue weighted by molar-refractivity contribution is 0.0379. The van der Waals surface area contributed by atoms with Crippen molar-refractivity contribution in [3.05, 3.63) is 84.2 Å². The third-order valence-electron chi connectivity index (χ3n) is 4.37. The normalized spacial score (nSPS) is 12.2. The monoisotopic (exact) mass is 353 g/mol. The summed E-state index contributed by atoms with van der Waals surface area (Å²) in [5.41, 5.74) is 8.81. The summed E-state index contributed by atoms with van der Waals surface area (Å²) in [5.74, 6) is -0.205. The quantitative estimate of drug-likeness (QED) is 0.594. The van der Waals surface area contributed by atoms with Crippen molar-refractivity contribution in [1.82, 2.24) is 9.55 Å². The van der Waals surface area contributed by atoms with Gasteiger partial charge in [0.05, 0.1) is 19.0 Å². The first kappa shape index (κ1) is 18.1. The highest BCUT2D eigenvalue weighted by Gasteiger charge is 2.11. The smallest absolute Gasteiger partial charge is 0.123 e. The lowest BCUT2D eigenvalue weighted by atomic mass is 10.1. The molecule has 2 N–H and O–H groups in total. The number of hydrogen-bond acceptors (Lipinski definition) is 3. The molecule has 2 aromatic carbocycles. The number of halogens is 1. The lowest BCUT2D eigenvalue weighted by Crippen LogP contribution is -2.21. The molecule has 0 amide bonds. The summed E-state index contributed by atoms with van der Waals surface area (Å²) in [6, 6.07) is 14.5. The molecule has 1 aromatic heterocycles. The van der Waals surface area contributed by atoms with Crippen molar-refractivity contribution in [2.24, 2.45) is 0 Å². The molecule has 4 nitrogen and oxygen atoms in total. The van der Waals surface area contributed by atoms with Gasteiger partial charge in [-0.3, -0.25) is 0 Å². The van der Waals surface area contributed by atoms with Crippen molar-refractivity contribution in [3.8, 4) is 0 Å². The summed E-state index contributed by atoms with van der Waals surface area (Å²) in [6.07, 6.45) is 8.14. The fraction of sp³-hybridized carbons (Fsp3) is 0.286. The summed E-state index contributed by atoms with van der Waals surface area (Å²) in [5, 5.41) is 0. The van der Waals surface area contributed by atoms with E-state index in [0.29, 0.717) is 6.61 Å². The number of aryl methyl sites for hydroxylation is 1. The van der Waals surface area contributed by atoms with Crippen LogP contribution in [0.5, 0.6) is 0 Å². The van der Waals surface area contributed by atoms with Crippen LogP contribution in [-0.4, -0.2) is 22.3 Å². The lowest BCUT2D eigenvalue weighted by Gasteiger charge is -2.19. The van der Waals surface area contributed by atoms with Gasteiger partial charge in [-0.15, -0.1) is 0 Å². The number of imidazole rings is 1. The Bertz CT molecular complexity index is 770. The zero-order chi connectivity index (χ0) is 18.2. The van der Waals surface area contributed by atoms with Gasteiger partial charge in [-0.1, -0.05) is 24.3 Å². The number of nitrogens with zero attached hydrogens (tertiary/aromatic N) is 2. The molecule has 1 atom stereocenters. The van der Waals surface area contributed by atoms with Gasteiger partial charge < -0.3 is 15.0 Å². The minimum Gasteiger partial charge on any atom is -0.399 e. The number of aromatic nitrogens is 2. The fourth-order valence-corrected chi connectivity index (χ4v) is 2.86. The zero-order valence-electron chi connectivity index (χ0n) is 14.7. The Balaban J connectivity index is 1.53. The molecule has 3 aromatic rings. The van der Waals surface area contributed by atoms with Gasteiger partial charge in [0.25, 0.3) is 0 Å². The second-order valence-electron chi connectivity index (χ2n) is 6.41. The van der Waals surface area contributed by atoms with Crippen LogP contribution < -0.4 is 5.73 Å². The van der Waals surface area contributed by atoms with E-state index in [1.807, 2.05) is 47.2 Å². The average molecular weight is 353 g/mol. The van der Waals surface area contributed by atoms with Crippen LogP contribution in [0.1, 0.15) is 17.5 Å². The Labute approximate surface area is 153 Å². The van der Waals surface area contributed by atoms with E-state index in [2.05, 4.69) is 4.98 Å². The van der Waals surface area contributed by atoms with Gasteiger partial charge in [0.1, 0.15) is 5.82 Å². The molecule has 1 heterocycles. The highest BCUT2D eigenvalue weighted by Crippen LogP contribution is 2.12. The number of anilines is 1. The third-order valence-corrected chi connectivity index (χ3v) is 4.37. The molecule has 0 radical (unpaired) electrons. The Kier molecular flexibility index (Phi) is 6.39. The van der Waals surface area contributed by atoms with Crippen LogP contribution in [0.15, 0.2) is 67.3 Å². The fourth-order valence-electron chi connectivity index (χ4n) is 2.86. The maximum absolute atomic E-state index is 13.0. The summed E-state index contributed by atoms with van der Waals surface area (Å²) in [4.78, 5) is 4.09. The first-order valence-corrected chi connectivity index (χ1v) is 8.85. The SMILES string of the molecule is Nc1ccc(CCOC(CCc2ccc(F)cc2)Cn2ccnc2)cc1. The van der Waals surface area contributed by atoms with Gasteiger partial charge in [-0.25, -0.2) is 9.37 Å². The minimum absolute atomic E-state index is 0.0723. The average Bonchev–Trinajstić information content (AvgIpc) is 3.15. The van der Waals surface area contributed by atoms with Crippen LogP contribution in [0, 0.1) is 5.82 Å². The summed E-state index contributed by atoms with van der Waals surface area (Å²) < 4.78 is 21.2. The molecule has 0 saturated carbocycles. The van der Waals surface area contributed by atoms with Gasteiger partial charge in [-0.2, -0.15) is 0 Å². The predicted molar refractivity (Wildman–Crippen MR) is 101 cm³/mol. The largest absolute Gasteiger partial charge is 0.399 e. The van der Waals surface area contributed by atoms with E-state index in [1.165, 1.54) is 17.7 Å². The van der Waals surface area contributed by atoms with Crippen molar-refractivity contribution in [1.29, 1.82) is 0 Å². The molecule has 0 spiro atoms. The van der Waals surface area contributed by atoms with Gasteiger partial charge in [0, 0.05) is 24.6 Å². The van der Waals surface area contributed by atoms with E-state index < -0.39 is 0 Å². The molecule has 0 aliphatic rings. The van der Waals surface area contributed by atoms with Crippen LogP contribution in [0.3, 0.4) is 0 Å². The molecule has 0 fully saturated rings. The standard InChI is InChI=1S/C21H24FN3O/c22-19-6-1-17(2-7-19)5-10-21(15-25-13-12-24-16-25)26-14-11-18-3-8-20(23)9-4-18/h1-4,6-9,12-13,16,21H,5,10-11,14-15,23H2. The molecular formula is C21H24FN3O. The maximum atomic E-state index is 13.0. The highest BCUT2D eigenvalue weighted by atomic mass is 19.1. The maximum Gasteiger partial charge on any atom is 0.123 e. The van der Waals surface area contributed by atoms with Crippen LogP contribution in [0.2, 0.25) is 0 Å².